The Labute approximate surface area is 211 Å². The van der Waals surface area contributed by atoms with E-state index in [2.05, 4.69) is 4.74 Å². The molecule has 2 N–H and O–H groups in total. The van der Waals surface area contributed by atoms with Crippen molar-refractivity contribution in [1.29, 1.82) is 0 Å². The summed E-state index contributed by atoms with van der Waals surface area (Å²) in [5, 5.41) is -0.205. The number of benzene rings is 1. The monoisotopic (exact) mass is 553 g/mol. The van der Waals surface area contributed by atoms with Crippen LogP contribution < -0.4 is 17.0 Å². The Bertz CT molecular complexity index is 1320. The lowest BCUT2D eigenvalue weighted by atomic mass is 10.1. The van der Waals surface area contributed by atoms with Gasteiger partial charge in [-0.15, -0.1) is 0 Å². The van der Waals surface area contributed by atoms with Crippen molar-refractivity contribution in [3.63, 3.8) is 0 Å². The number of carbonyl (C=O) groups is 2. The first kappa shape index (κ1) is 28.9. The Morgan fingerprint density at radius 1 is 1.11 bits per heavy atom. The van der Waals surface area contributed by atoms with Crippen molar-refractivity contribution in [3.8, 4) is 5.69 Å². The zero-order valence-electron chi connectivity index (χ0n) is 19.0. The Kier molecular flexibility index (Phi) is 9.35. The molecule has 1 aromatic heterocycles. The number of carbonyl (C=O) groups excluding carboxylic acids is 2. The van der Waals surface area contributed by atoms with Gasteiger partial charge in [-0.1, -0.05) is 23.2 Å². The van der Waals surface area contributed by atoms with E-state index in [9.17, 15) is 32.3 Å². The second-order valence-corrected chi connectivity index (χ2v) is 8.01. The van der Waals surface area contributed by atoms with Gasteiger partial charge in [-0.3, -0.25) is 14.2 Å². The third kappa shape index (κ3) is 6.68. The molecule has 2 aromatic rings. The Hall–Kier alpha value is -3.29. The Morgan fingerprint density at radius 2 is 1.75 bits per heavy atom. The quantitative estimate of drug-likeness (QED) is 0.298. The summed E-state index contributed by atoms with van der Waals surface area (Å²) in [6.07, 6.45) is -4.24. The van der Waals surface area contributed by atoms with E-state index in [-0.39, 0.29) is 44.1 Å². The summed E-state index contributed by atoms with van der Waals surface area (Å²) in [5.74, 6) is -1.68. The molecule has 0 saturated heterocycles. The number of esters is 2. The van der Waals surface area contributed by atoms with Gasteiger partial charge in [0.2, 0.25) is 0 Å². The van der Waals surface area contributed by atoms with Crippen molar-refractivity contribution in [3.05, 3.63) is 72.2 Å². The summed E-state index contributed by atoms with van der Waals surface area (Å²) in [6, 6.07) is 1.26. The lowest BCUT2D eigenvalue weighted by Gasteiger charge is -2.17. The van der Waals surface area contributed by atoms with Crippen LogP contribution in [0.3, 0.4) is 0 Å². The van der Waals surface area contributed by atoms with Gasteiger partial charge < -0.3 is 19.9 Å². The van der Waals surface area contributed by atoms with Crippen LogP contribution in [-0.4, -0.2) is 47.9 Å². The molecule has 0 bridgehead atoms. The molecule has 0 amide bonds. The zero-order chi connectivity index (χ0) is 27.4. The molecule has 0 aliphatic rings. The standard InChI is InChI=1S/C21H20Cl2F3N3O7/c1-28-16(21(24,25)26)8-17(30)29(20(28)33)15-5-10(12(22)7-13(15)23)4-14(27)19(32)36-9-11(34-2)6-18(31)35-3/h5-8,14H,4,9,27H2,1-3H3/b11-6+/t14-/m0/s1. The molecular weight excluding hydrogens is 534 g/mol. The molecule has 36 heavy (non-hydrogen) atoms. The largest absolute Gasteiger partial charge is 0.497 e. The van der Waals surface area contributed by atoms with Crippen LogP contribution >= 0.6 is 23.2 Å². The van der Waals surface area contributed by atoms with E-state index in [0.29, 0.717) is 4.57 Å². The SMILES string of the molecule is COC(=O)/C=C(\COC(=O)[C@@H](N)Cc1cc(-n2c(=O)cc(C(F)(F)F)n(C)c2=O)c(Cl)cc1Cl)OC. The van der Waals surface area contributed by atoms with Crippen molar-refractivity contribution in [2.24, 2.45) is 12.8 Å². The molecule has 15 heteroatoms. The lowest BCUT2D eigenvalue weighted by Crippen LogP contribution is -2.41. The predicted octanol–water partition coefficient (Wildman–Crippen LogP) is 1.98. The molecule has 1 aromatic carbocycles. The summed E-state index contributed by atoms with van der Waals surface area (Å²) in [7, 11) is 3.23. The summed E-state index contributed by atoms with van der Waals surface area (Å²) < 4.78 is 54.4. The fourth-order valence-electron chi connectivity index (χ4n) is 2.95. The maximum atomic E-state index is 13.1. The number of rotatable bonds is 8. The van der Waals surface area contributed by atoms with Gasteiger partial charge >= 0.3 is 23.8 Å². The maximum absolute atomic E-state index is 13.1. The molecular formula is C21H20Cl2F3N3O7. The summed E-state index contributed by atoms with van der Waals surface area (Å²) >= 11 is 12.3. The van der Waals surface area contributed by atoms with E-state index in [4.69, 9.17) is 38.4 Å². The third-order valence-electron chi connectivity index (χ3n) is 4.81. The smallest absolute Gasteiger partial charge is 0.431 e. The predicted molar refractivity (Wildman–Crippen MR) is 122 cm³/mol. The van der Waals surface area contributed by atoms with Crippen molar-refractivity contribution in [1.82, 2.24) is 9.13 Å². The van der Waals surface area contributed by atoms with Gasteiger partial charge in [0.1, 0.15) is 24.1 Å². The summed E-state index contributed by atoms with van der Waals surface area (Å²) in [6.45, 7) is -0.436. The average Bonchev–Trinajstić information content (AvgIpc) is 2.80. The van der Waals surface area contributed by atoms with Crippen LogP contribution in [0.25, 0.3) is 5.69 Å². The molecule has 0 aliphatic heterocycles. The van der Waals surface area contributed by atoms with Gasteiger partial charge in [-0.25, -0.2) is 14.2 Å². The summed E-state index contributed by atoms with van der Waals surface area (Å²) in [4.78, 5) is 48.6. The minimum absolute atomic E-state index is 0.00644. The molecule has 196 valence electrons. The molecule has 0 aliphatic carbocycles. The normalized spacial score (nSPS) is 12.8. The summed E-state index contributed by atoms with van der Waals surface area (Å²) in [5.41, 5.74) is 1.72. The van der Waals surface area contributed by atoms with Gasteiger partial charge in [0.15, 0.2) is 0 Å². The molecule has 0 spiro atoms. The van der Waals surface area contributed by atoms with Crippen LogP contribution in [0.2, 0.25) is 10.0 Å². The van der Waals surface area contributed by atoms with E-state index in [1.807, 2.05) is 0 Å². The number of hydrogen-bond donors (Lipinski definition) is 1. The number of methoxy groups -OCH3 is 2. The number of nitrogens with zero attached hydrogens (tertiary/aromatic N) is 2. The molecule has 0 saturated carbocycles. The third-order valence-corrected chi connectivity index (χ3v) is 5.46. The zero-order valence-corrected chi connectivity index (χ0v) is 20.5. The Balaban J connectivity index is 2.37. The van der Waals surface area contributed by atoms with Gasteiger partial charge in [0.05, 0.1) is 31.0 Å². The number of halogens is 5. The number of aromatic nitrogens is 2. The molecule has 10 nitrogen and oxygen atoms in total. The maximum Gasteiger partial charge on any atom is 0.431 e. The van der Waals surface area contributed by atoms with Gasteiger partial charge in [0, 0.05) is 18.1 Å². The topological polar surface area (TPSA) is 132 Å². The highest BCUT2D eigenvalue weighted by molar-refractivity contribution is 6.36. The first-order chi connectivity index (χ1) is 16.7. The van der Waals surface area contributed by atoms with E-state index in [1.165, 1.54) is 7.11 Å². The highest BCUT2D eigenvalue weighted by Gasteiger charge is 2.35. The highest BCUT2D eigenvalue weighted by Crippen LogP contribution is 2.29. The van der Waals surface area contributed by atoms with E-state index in [0.717, 1.165) is 32.4 Å². The second kappa shape index (κ2) is 11.6. The molecule has 1 atom stereocenters. The highest BCUT2D eigenvalue weighted by atomic mass is 35.5. The fourth-order valence-corrected chi connectivity index (χ4v) is 3.49. The second-order valence-electron chi connectivity index (χ2n) is 7.19. The van der Waals surface area contributed by atoms with E-state index >= 15 is 0 Å². The van der Waals surface area contributed by atoms with Crippen LogP contribution in [0.15, 0.2) is 39.6 Å². The van der Waals surface area contributed by atoms with Crippen LogP contribution in [-0.2, 0) is 43.4 Å². The van der Waals surface area contributed by atoms with Crippen LogP contribution in [0, 0.1) is 0 Å². The number of nitrogens with two attached hydrogens (primary N) is 1. The van der Waals surface area contributed by atoms with Crippen LogP contribution in [0.4, 0.5) is 13.2 Å². The number of ether oxygens (including phenoxy) is 3. The number of hydrogen-bond acceptors (Lipinski definition) is 8. The van der Waals surface area contributed by atoms with Crippen LogP contribution in [0.5, 0.6) is 0 Å². The van der Waals surface area contributed by atoms with Crippen molar-refractivity contribution < 1.29 is 37.0 Å². The van der Waals surface area contributed by atoms with Crippen molar-refractivity contribution in [2.75, 3.05) is 20.8 Å². The first-order valence-corrected chi connectivity index (χ1v) is 10.6. The van der Waals surface area contributed by atoms with E-state index in [1.54, 1.807) is 0 Å². The molecule has 0 unspecified atom stereocenters. The van der Waals surface area contributed by atoms with Crippen LogP contribution in [0.1, 0.15) is 11.3 Å². The van der Waals surface area contributed by atoms with E-state index < -0.39 is 47.7 Å². The average molecular weight is 554 g/mol. The number of alkyl halides is 3. The van der Waals surface area contributed by atoms with Crippen molar-refractivity contribution >= 4 is 35.1 Å². The van der Waals surface area contributed by atoms with Gasteiger partial charge in [-0.05, 0) is 24.1 Å². The molecule has 1 heterocycles. The first-order valence-electron chi connectivity index (χ1n) is 9.84. The van der Waals surface area contributed by atoms with Gasteiger partial charge in [-0.2, -0.15) is 13.2 Å². The molecule has 0 fully saturated rings. The molecule has 2 rings (SSSR count). The lowest BCUT2D eigenvalue weighted by molar-refractivity contribution is -0.145. The van der Waals surface area contributed by atoms with Crippen molar-refractivity contribution in [2.45, 2.75) is 18.6 Å². The Morgan fingerprint density at radius 3 is 2.31 bits per heavy atom. The minimum Gasteiger partial charge on any atom is -0.497 e. The fraction of sp³-hybridized carbons (Fsp3) is 0.333. The minimum atomic E-state index is -4.94. The van der Waals surface area contributed by atoms with Gasteiger partial charge in [0.25, 0.3) is 5.56 Å². The molecule has 0 radical (unpaired) electrons.